The monoisotopic (exact) mass is 225 g/mol. The van der Waals surface area contributed by atoms with E-state index in [1.165, 1.54) is 6.07 Å². The average Bonchev–Trinajstić information content (AvgIpc) is 2.25. The fourth-order valence-electron chi connectivity index (χ4n) is 1.41. The van der Waals surface area contributed by atoms with E-state index in [2.05, 4.69) is 0 Å². The SMILES string of the molecule is CC(Oc1cccc(O)c1)C(O)CCCN. The summed E-state index contributed by atoms with van der Waals surface area (Å²) in [6, 6.07) is 6.53. The van der Waals surface area contributed by atoms with Gasteiger partial charge in [0, 0.05) is 6.07 Å². The Kier molecular flexibility index (Phi) is 5.08. The Morgan fingerprint density at radius 3 is 2.81 bits per heavy atom. The molecule has 1 aromatic rings. The third-order valence-corrected chi connectivity index (χ3v) is 2.39. The largest absolute Gasteiger partial charge is 0.508 e. The number of aliphatic hydroxyl groups is 1. The van der Waals surface area contributed by atoms with Crippen molar-refractivity contribution in [3.63, 3.8) is 0 Å². The number of aromatic hydroxyl groups is 1. The molecule has 0 aliphatic heterocycles. The number of phenolic OH excluding ortho intramolecular Hbond substituents is 1. The quantitative estimate of drug-likeness (QED) is 0.681. The molecule has 0 spiro atoms. The molecular formula is C12H19NO3. The highest BCUT2D eigenvalue weighted by molar-refractivity contribution is 5.31. The van der Waals surface area contributed by atoms with Crippen LogP contribution in [-0.4, -0.2) is 29.0 Å². The summed E-state index contributed by atoms with van der Waals surface area (Å²) < 4.78 is 5.50. The molecule has 16 heavy (non-hydrogen) atoms. The number of nitrogens with two attached hydrogens (primary N) is 1. The van der Waals surface area contributed by atoms with Crippen molar-refractivity contribution < 1.29 is 14.9 Å². The van der Waals surface area contributed by atoms with E-state index in [0.29, 0.717) is 18.7 Å². The highest BCUT2D eigenvalue weighted by Crippen LogP contribution is 2.20. The molecule has 4 nitrogen and oxygen atoms in total. The Bertz CT molecular complexity index is 317. The Morgan fingerprint density at radius 1 is 1.44 bits per heavy atom. The van der Waals surface area contributed by atoms with Crippen LogP contribution in [0.1, 0.15) is 19.8 Å². The lowest BCUT2D eigenvalue weighted by Gasteiger charge is -2.20. The van der Waals surface area contributed by atoms with Crippen molar-refractivity contribution in [1.29, 1.82) is 0 Å². The highest BCUT2D eigenvalue weighted by Gasteiger charge is 2.15. The van der Waals surface area contributed by atoms with Gasteiger partial charge < -0.3 is 20.7 Å². The molecule has 0 aromatic heterocycles. The van der Waals surface area contributed by atoms with Crippen LogP contribution in [0.5, 0.6) is 11.5 Å². The van der Waals surface area contributed by atoms with E-state index in [4.69, 9.17) is 10.5 Å². The van der Waals surface area contributed by atoms with Crippen molar-refractivity contribution in [3.8, 4) is 11.5 Å². The molecule has 0 fully saturated rings. The lowest BCUT2D eigenvalue weighted by atomic mass is 10.1. The second-order valence-electron chi connectivity index (χ2n) is 3.82. The summed E-state index contributed by atoms with van der Waals surface area (Å²) in [6.45, 7) is 2.36. The predicted octanol–water partition coefficient (Wildman–Crippen LogP) is 1.26. The molecule has 0 aliphatic carbocycles. The van der Waals surface area contributed by atoms with Crippen LogP contribution in [0, 0.1) is 0 Å². The number of benzene rings is 1. The zero-order valence-electron chi connectivity index (χ0n) is 9.47. The second-order valence-corrected chi connectivity index (χ2v) is 3.82. The first kappa shape index (κ1) is 12.8. The fraction of sp³-hybridized carbons (Fsp3) is 0.500. The van der Waals surface area contributed by atoms with Crippen molar-refractivity contribution in [3.05, 3.63) is 24.3 Å². The van der Waals surface area contributed by atoms with E-state index < -0.39 is 6.10 Å². The molecule has 2 unspecified atom stereocenters. The summed E-state index contributed by atoms with van der Waals surface area (Å²) in [6.07, 6.45) is 0.546. The summed E-state index contributed by atoms with van der Waals surface area (Å²) in [5.74, 6) is 0.709. The minimum atomic E-state index is -0.536. The number of aliphatic hydroxyl groups excluding tert-OH is 1. The van der Waals surface area contributed by atoms with Crippen LogP contribution in [0.25, 0.3) is 0 Å². The molecule has 2 atom stereocenters. The van der Waals surface area contributed by atoms with Crippen molar-refractivity contribution in [2.75, 3.05) is 6.54 Å². The predicted molar refractivity (Wildman–Crippen MR) is 62.5 cm³/mol. The molecule has 0 bridgehead atoms. The molecule has 90 valence electrons. The van der Waals surface area contributed by atoms with Gasteiger partial charge in [-0.2, -0.15) is 0 Å². The fourth-order valence-corrected chi connectivity index (χ4v) is 1.41. The third kappa shape index (κ3) is 4.08. The van der Waals surface area contributed by atoms with E-state index in [1.54, 1.807) is 25.1 Å². The van der Waals surface area contributed by atoms with Gasteiger partial charge in [-0.05, 0) is 38.4 Å². The summed E-state index contributed by atoms with van der Waals surface area (Å²) in [7, 11) is 0. The van der Waals surface area contributed by atoms with Crippen LogP contribution < -0.4 is 10.5 Å². The number of hydrogen-bond donors (Lipinski definition) is 3. The van der Waals surface area contributed by atoms with E-state index in [0.717, 1.165) is 6.42 Å². The van der Waals surface area contributed by atoms with Crippen molar-refractivity contribution >= 4 is 0 Å². The standard InChI is InChI=1S/C12H19NO3/c1-9(12(15)6-3-7-13)16-11-5-2-4-10(14)8-11/h2,4-5,8-9,12,14-15H,3,6-7,13H2,1H3. The van der Waals surface area contributed by atoms with Crippen molar-refractivity contribution in [1.82, 2.24) is 0 Å². The van der Waals surface area contributed by atoms with Crippen LogP contribution >= 0.6 is 0 Å². The van der Waals surface area contributed by atoms with Crippen molar-refractivity contribution in [2.24, 2.45) is 5.73 Å². The molecule has 0 radical (unpaired) electrons. The summed E-state index contributed by atoms with van der Waals surface area (Å²) in [5.41, 5.74) is 5.36. The molecular weight excluding hydrogens is 206 g/mol. The number of rotatable bonds is 6. The minimum Gasteiger partial charge on any atom is -0.508 e. The zero-order chi connectivity index (χ0) is 12.0. The lowest BCUT2D eigenvalue weighted by molar-refractivity contribution is 0.0408. The van der Waals surface area contributed by atoms with Gasteiger partial charge in [0.15, 0.2) is 0 Å². The van der Waals surface area contributed by atoms with Crippen LogP contribution in [0.2, 0.25) is 0 Å². The molecule has 0 heterocycles. The van der Waals surface area contributed by atoms with E-state index >= 15 is 0 Å². The Balaban J connectivity index is 2.47. The molecule has 4 N–H and O–H groups in total. The normalized spacial score (nSPS) is 14.4. The molecule has 1 aromatic carbocycles. The van der Waals surface area contributed by atoms with Gasteiger partial charge in [0.25, 0.3) is 0 Å². The first-order chi connectivity index (χ1) is 7.63. The van der Waals surface area contributed by atoms with Gasteiger partial charge in [0.1, 0.15) is 17.6 Å². The van der Waals surface area contributed by atoms with Crippen LogP contribution in [0.4, 0.5) is 0 Å². The van der Waals surface area contributed by atoms with E-state index in [1.807, 2.05) is 0 Å². The van der Waals surface area contributed by atoms with E-state index in [9.17, 15) is 10.2 Å². The van der Waals surface area contributed by atoms with Gasteiger partial charge in [-0.15, -0.1) is 0 Å². The maximum Gasteiger partial charge on any atom is 0.123 e. The number of phenols is 1. The zero-order valence-corrected chi connectivity index (χ0v) is 9.47. The summed E-state index contributed by atoms with van der Waals surface area (Å²) in [5, 5.41) is 19.0. The van der Waals surface area contributed by atoms with Gasteiger partial charge in [0.2, 0.25) is 0 Å². The van der Waals surface area contributed by atoms with Crippen molar-refractivity contribution in [2.45, 2.75) is 32.0 Å². The molecule has 0 saturated heterocycles. The minimum absolute atomic E-state index is 0.154. The first-order valence-corrected chi connectivity index (χ1v) is 5.47. The van der Waals surface area contributed by atoms with Gasteiger partial charge in [0.05, 0.1) is 6.10 Å². The number of ether oxygens (including phenoxy) is 1. The van der Waals surface area contributed by atoms with E-state index in [-0.39, 0.29) is 11.9 Å². The lowest BCUT2D eigenvalue weighted by Crippen LogP contribution is -2.29. The highest BCUT2D eigenvalue weighted by atomic mass is 16.5. The van der Waals surface area contributed by atoms with Gasteiger partial charge in [-0.3, -0.25) is 0 Å². The maximum atomic E-state index is 9.74. The first-order valence-electron chi connectivity index (χ1n) is 5.47. The van der Waals surface area contributed by atoms with Gasteiger partial charge in [-0.25, -0.2) is 0 Å². The molecule has 4 heteroatoms. The van der Waals surface area contributed by atoms with Gasteiger partial charge >= 0.3 is 0 Å². The van der Waals surface area contributed by atoms with Gasteiger partial charge in [-0.1, -0.05) is 6.07 Å². The smallest absolute Gasteiger partial charge is 0.123 e. The molecule has 1 rings (SSSR count). The average molecular weight is 225 g/mol. The topological polar surface area (TPSA) is 75.7 Å². The second kappa shape index (κ2) is 6.35. The third-order valence-electron chi connectivity index (χ3n) is 2.39. The summed E-state index contributed by atoms with van der Waals surface area (Å²) >= 11 is 0. The molecule has 0 aliphatic rings. The molecule has 0 saturated carbocycles. The number of hydrogen-bond acceptors (Lipinski definition) is 4. The van der Waals surface area contributed by atoms with Crippen LogP contribution in [0.15, 0.2) is 24.3 Å². The van der Waals surface area contributed by atoms with Crippen LogP contribution in [0.3, 0.4) is 0 Å². The summed E-state index contributed by atoms with van der Waals surface area (Å²) in [4.78, 5) is 0. The molecule has 0 amide bonds. The Labute approximate surface area is 95.7 Å². The van der Waals surface area contributed by atoms with Crippen LogP contribution in [-0.2, 0) is 0 Å². The Hall–Kier alpha value is -1.26. The Morgan fingerprint density at radius 2 is 2.19 bits per heavy atom. The maximum absolute atomic E-state index is 9.74.